The Morgan fingerprint density at radius 2 is 2.25 bits per heavy atom. The Balaban J connectivity index is 2.08. The van der Waals surface area contributed by atoms with Crippen LogP contribution in [-0.2, 0) is 4.79 Å². The lowest BCUT2D eigenvalue weighted by Gasteiger charge is -2.35. The fourth-order valence-corrected chi connectivity index (χ4v) is 2.45. The van der Waals surface area contributed by atoms with Crippen LogP contribution >= 0.6 is 0 Å². The standard InChI is InChI=1S/C13H16F2N2O3/c1-8-4-9(12(18)19)7-17(6-8)11-3-2-10(5-16-11)20-13(14)15/h2-3,5,8-9,13H,4,6-7H2,1H3,(H,18,19). The zero-order chi connectivity index (χ0) is 14.7. The molecule has 0 aromatic carbocycles. The number of halogens is 2. The van der Waals surface area contributed by atoms with Gasteiger partial charge in [-0.05, 0) is 24.5 Å². The van der Waals surface area contributed by atoms with Crippen molar-refractivity contribution in [2.24, 2.45) is 11.8 Å². The van der Waals surface area contributed by atoms with Crippen molar-refractivity contribution in [3.8, 4) is 5.75 Å². The zero-order valence-corrected chi connectivity index (χ0v) is 11.0. The summed E-state index contributed by atoms with van der Waals surface area (Å²) in [5, 5.41) is 9.11. The molecule has 2 atom stereocenters. The number of ether oxygens (including phenoxy) is 1. The van der Waals surface area contributed by atoms with Crippen LogP contribution in [0.4, 0.5) is 14.6 Å². The van der Waals surface area contributed by atoms with E-state index in [1.165, 1.54) is 12.3 Å². The minimum atomic E-state index is -2.88. The number of carboxylic acid groups (broad SMARTS) is 1. The summed E-state index contributed by atoms with van der Waals surface area (Å²) in [6, 6.07) is 2.97. The first-order valence-corrected chi connectivity index (χ1v) is 6.34. The molecule has 0 saturated carbocycles. The summed E-state index contributed by atoms with van der Waals surface area (Å²) in [5.74, 6) is -0.451. The highest BCUT2D eigenvalue weighted by Gasteiger charge is 2.30. The van der Waals surface area contributed by atoms with Crippen LogP contribution in [0.1, 0.15) is 13.3 Å². The molecule has 1 aliphatic heterocycles. The first-order chi connectivity index (χ1) is 9.45. The number of piperidine rings is 1. The smallest absolute Gasteiger partial charge is 0.387 e. The summed E-state index contributed by atoms with van der Waals surface area (Å²) in [6.45, 7) is 0.179. The van der Waals surface area contributed by atoms with Gasteiger partial charge in [0.1, 0.15) is 11.6 Å². The molecule has 20 heavy (non-hydrogen) atoms. The quantitative estimate of drug-likeness (QED) is 0.919. The van der Waals surface area contributed by atoms with Crippen LogP contribution in [0.25, 0.3) is 0 Å². The summed E-state index contributed by atoms with van der Waals surface area (Å²) in [7, 11) is 0. The van der Waals surface area contributed by atoms with Crippen LogP contribution in [0.15, 0.2) is 18.3 Å². The molecule has 0 aliphatic carbocycles. The molecule has 0 spiro atoms. The lowest BCUT2D eigenvalue weighted by atomic mass is 9.90. The van der Waals surface area contributed by atoms with Crippen LogP contribution < -0.4 is 9.64 Å². The van der Waals surface area contributed by atoms with Crippen LogP contribution in [0.3, 0.4) is 0 Å². The molecule has 1 N–H and O–H groups in total. The number of hydrogen-bond acceptors (Lipinski definition) is 4. The van der Waals surface area contributed by atoms with Gasteiger partial charge in [-0.15, -0.1) is 0 Å². The van der Waals surface area contributed by atoms with Crippen LogP contribution in [-0.4, -0.2) is 35.8 Å². The Labute approximate surface area is 115 Å². The topological polar surface area (TPSA) is 62.7 Å². The van der Waals surface area contributed by atoms with Gasteiger partial charge >= 0.3 is 12.6 Å². The SMILES string of the molecule is CC1CC(C(=O)O)CN(c2ccc(OC(F)F)cn2)C1. The van der Waals surface area contributed by atoms with Gasteiger partial charge in [0.2, 0.25) is 0 Å². The largest absolute Gasteiger partial charge is 0.481 e. The number of carboxylic acids is 1. The van der Waals surface area contributed by atoms with Crippen LogP contribution in [0, 0.1) is 11.8 Å². The highest BCUT2D eigenvalue weighted by atomic mass is 19.3. The Bertz CT molecular complexity index is 467. The second-order valence-electron chi connectivity index (χ2n) is 5.01. The van der Waals surface area contributed by atoms with E-state index in [1.807, 2.05) is 11.8 Å². The Hall–Kier alpha value is -1.92. The van der Waals surface area contributed by atoms with E-state index in [1.54, 1.807) is 6.07 Å². The molecule has 0 radical (unpaired) electrons. The predicted octanol–water partition coefficient (Wildman–Crippen LogP) is 2.23. The molecule has 1 aromatic heterocycles. The van der Waals surface area contributed by atoms with E-state index in [9.17, 15) is 13.6 Å². The van der Waals surface area contributed by atoms with Crippen molar-refractivity contribution >= 4 is 11.8 Å². The molecule has 1 saturated heterocycles. The summed E-state index contributed by atoms with van der Waals surface area (Å²) in [5.41, 5.74) is 0. The Morgan fingerprint density at radius 1 is 1.50 bits per heavy atom. The molecule has 5 nitrogen and oxygen atoms in total. The summed E-state index contributed by atoms with van der Waals surface area (Å²) in [4.78, 5) is 17.0. The van der Waals surface area contributed by atoms with Gasteiger partial charge in [0.05, 0.1) is 12.1 Å². The molecular weight excluding hydrogens is 270 g/mol. The van der Waals surface area contributed by atoms with Crippen molar-refractivity contribution in [2.75, 3.05) is 18.0 Å². The Kier molecular flexibility index (Phi) is 4.36. The molecule has 1 aliphatic rings. The van der Waals surface area contributed by atoms with E-state index < -0.39 is 18.5 Å². The van der Waals surface area contributed by atoms with E-state index in [0.717, 1.165) is 0 Å². The van der Waals surface area contributed by atoms with E-state index >= 15 is 0 Å². The summed E-state index contributed by atoms with van der Waals surface area (Å²) in [6.07, 6.45) is 1.86. The lowest BCUT2D eigenvalue weighted by molar-refractivity contribution is -0.142. The maximum atomic E-state index is 12.0. The lowest BCUT2D eigenvalue weighted by Crippen LogP contribution is -2.42. The van der Waals surface area contributed by atoms with E-state index in [-0.39, 0.29) is 11.7 Å². The van der Waals surface area contributed by atoms with Gasteiger partial charge in [-0.1, -0.05) is 6.92 Å². The fraction of sp³-hybridized carbons (Fsp3) is 0.538. The number of rotatable bonds is 4. The third kappa shape index (κ3) is 3.55. The number of anilines is 1. The van der Waals surface area contributed by atoms with Gasteiger partial charge in [-0.2, -0.15) is 8.78 Å². The molecule has 7 heteroatoms. The number of alkyl halides is 2. The van der Waals surface area contributed by atoms with E-state index in [0.29, 0.717) is 25.3 Å². The van der Waals surface area contributed by atoms with Crippen molar-refractivity contribution in [3.63, 3.8) is 0 Å². The molecule has 1 fully saturated rings. The van der Waals surface area contributed by atoms with Gasteiger partial charge in [0.25, 0.3) is 0 Å². The van der Waals surface area contributed by atoms with E-state index in [2.05, 4.69) is 9.72 Å². The molecule has 110 valence electrons. The predicted molar refractivity (Wildman–Crippen MR) is 68.0 cm³/mol. The maximum absolute atomic E-state index is 12.0. The third-order valence-corrected chi connectivity index (χ3v) is 3.28. The molecule has 0 bridgehead atoms. The number of aliphatic carboxylic acids is 1. The molecule has 2 unspecified atom stereocenters. The third-order valence-electron chi connectivity index (χ3n) is 3.28. The number of pyridine rings is 1. The van der Waals surface area contributed by atoms with Gasteiger partial charge < -0.3 is 14.7 Å². The monoisotopic (exact) mass is 286 g/mol. The minimum absolute atomic E-state index is 0.0106. The van der Waals surface area contributed by atoms with Gasteiger partial charge in [0.15, 0.2) is 0 Å². The average molecular weight is 286 g/mol. The molecule has 0 amide bonds. The van der Waals surface area contributed by atoms with Crippen molar-refractivity contribution in [1.29, 1.82) is 0 Å². The second-order valence-corrected chi connectivity index (χ2v) is 5.01. The zero-order valence-electron chi connectivity index (χ0n) is 11.0. The molecular formula is C13H16F2N2O3. The van der Waals surface area contributed by atoms with Crippen LogP contribution in [0.2, 0.25) is 0 Å². The molecule has 2 rings (SSSR count). The van der Waals surface area contributed by atoms with Gasteiger partial charge in [0, 0.05) is 13.1 Å². The number of aromatic nitrogens is 1. The van der Waals surface area contributed by atoms with Crippen molar-refractivity contribution in [3.05, 3.63) is 18.3 Å². The second kappa shape index (κ2) is 6.02. The number of nitrogens with zero attached hydrogens (tertiary/aromatic N) is 2. The van der Waals surface area contributed by atoms with Gasteiger partial charge in [-0.25, -0.2) is 4.98 Å². The maximum Gasteiger partial charge on any atom is 0.387 e. The summed E-state index contributed by atoms with van der Waals surface area (Å²) < 4.78 is 28.3. The van der Waals surface area contributed by atoms with Crippen LogP contribution in [0.5, 0.6) is 5.75 Å². The van der Waals surface area contributed by atoms with Crippen molar-refractivity contribution < 1.29 is 23.4 Å². The number of carbonyl (C=O) groups is 1. The minimum Gasteiger partial charge on any atom is -0.481 e. The molecule has 1 aromatic rings. The first-order valence-electron chi connectivity index (χ1n) is 6.34. The normalized spacial score (nSPS) is 22.9. The van der Waals surface area contributed by atoms with E-state index in [4.69, 9.17) is 5.11 Å². The number of hydrogen-bond donors (Lipinski definition) is 1. The van der Waals surface area contributed by atoms with Gasteiger partial charge in [-0.3, -0.25) is 4.79 Å². The first kappa shape index (κ1) is 14.5. The van der Waals surface area contributed by atoms with Crippen molar-refractivity contribution in [2.45, 2.75) is 20.0 Å². The average Bonchev–Trinajstić information content (AvgIpc) is 2.38. The molecule has 2 heterocycles. The highest BCUT2D eigenvalue weighted by molar-refractivity contribution is 5.71. The Morgan fingerprint density at radius 3 is 2.80 bits per heavy atom. The summed E-state index contributed by atoms with van der Waals surface area (Å²) >= 11 is 0. The highest BCUT2D eigenvalue weighted by Crippen LogP contribution is 2.26. The van der Waals surface area contributed by atoms with Crippen molar-refractivity contribution in [1.82, 2.24) is 4.98 Å². The fourth-order valence-electron chi connectivity index (χ4n) is 2.45.